The van der Waals surface area contributed by atoms with Gasteiger partial charge < -0.3 is 10.2 Å². The Morgan fingerprint density at radius 2 is 1.93 bits per heavy atom. The Bertz CT molecular complexity index is 819. The van der Waals surface area contributed by atoms with Gasteiger partial charge in [0.05, 0.1) is 0 Å². The molecule has 4 heteroatoms. The van der Waals surface area contributed by atoms with Crippen LogP contribution in [-0.2, 0) is 11.8 Å². The number of carbonyl (C=O) groups excluding carboxylic acids is 1. The number of hydrogen-bond acceptors (Lipinski definition) is 2. The Hall–Kier alpha value is -1.29. The SMILES string of the molecule is C[B]C(=O)NC1CCC2(C)[C@@H]3Cc4ccc(C)c(C)c4[C@@]2(CCN3C)C1(C)C. The fraction of sp³-hybridized carbons (Fsp3) is 0.708. The number of fused-ring (bicyclic) bond motifs is 1. The molecule has 3 nitrogen and oxygen atoms in total. The fourth-order valence-electron chi connectivity index (χ4n) is 7.56. The largest absolute Gasteiger partial charge is 0.362 e. The summed E-state index contributed by atoms with van der Waals surface area (Å²) in [6.45, 7) is 15.0. The average molecular weight is 379 g/mol. The first kappa shape index (κ1) is 20.0. The maximum atomic E-state index is 12.3. The molecule has 2 unspecified atom stereocenters. The first-order chi connectivity index (χ1) is 13.1. The van der Waals surface area contributed by atoms with E-state index in [1.807, 2.05) is 6.82 Å². The van der Waals surface area contributed by atoms with Crippen molar-refractivity contribution in [2.24, 2.45) is 10.8 Å². The number of carbonyl (C=O) groups is 1. The molecule has 28 heavy (non-hydrogen) atoms. The molecule has 2 fully saturated rings. The summed E-state index contributed by atoms with van der Waals surface area (Å²) in [5.41, 5.74) is 6.34. The topological polar surface area (TPSA) is 32.3 Å². The summed E-state index contributed by atoms with van der Waals surface area (Å²) in [5.74, 6) is 0.0690. The summed E-state index contributed by atoms with van der Waals surface area (Å²) in [7, 11) is 3.99. The molecule has 1 radical (unpaired) electrons. The van der Waals surface area contributed by atoms with Gasteiger partial charge in [-0.15, -0.1) is 0 Å². The number of benzene rings is 1. The molecule has 1 aliphatic heterocycles. The number of piperidine rings is 1. The normalized spacial score (nSPS) is 36.2. The maximum absolute atomic E-state index is 12.3. The summed E-state index contributed by atoms with van der Waals surface area (Å²) in [6.07, 6.45) is 4.56. The van der Waals surface area contributed by atoms with E-state index in [2.05, 4.69) is 64.0 Å². The molecule has 151 valence electrons. The van der Waals surface area contributed by atoms with Crippen LogP contribution in [0.15, 0.2) is 12.1 Å². The third-order valence-electron chi connectivity index (χ3n) is 9.25. The number of aryl methyl sites for hydroxylation is 1. The van der Waals surface area contributed by atoms with Crippen LogP contribution in [0.3, 0.4) is 0 Å². The summed E-state index contributed by atoms with van der Waals surface area (Å²) >= 11 is 0. The molecule has 2 bridgehead atoms. The van der Waals surface area contributed by atoms with Gasteiger partial charge in [-0.05, 0) is 86.2 Å². The van der Waals surface area contributed by atoms with E-state index in [0.29, 0.717) is 6.04 Å². The lowest BCUT2D eigenvalue weighted by Gasteiger charge is -2.72. The van der Waals surface area contributed by atoms with Crippen molar-refractivity contribution in [2.75, 3.05) is 13.6 Å². The summed E-state index contributed by atoms with van der Waals surface area (Å²) in [4.78, 5) is 14.9. The van der Waals surface area contributed by atoms with Gasteiger partial charge in [-0.3, -0.25) is 4.79 Å². The minimum absolute atomic E-state index is 0.00803. The molecule has 4 atom stereocenters. The van der Waals surface area contributed by atoms with Gasteiger partial charge in [0.1, 0.15) is 0 Å². The van der Waals surface area contributed by atoms with Gasteiger partial charge in [0.25, 0.3) is 0 Å². The van der Waals surface area contributed by atoms with E-state index in [9.17, 15) is 4.79 Å². The van der Waals surface area contributed by atoms with Crippen molar-refractivity contribution in [3.63, 3.8) is 0 Å². The van der Waals surface area contributed by atoms with Crippen molar-refractivity contribution in [3.05, 3.63) is 34.4 Å². The second kappa shape index (κ2) is 6.36. The van der Waals surface area contributed by atoms with Crippen LogP contribution in [0.5, 0.6) is 0 Å². The molecule has 3 aliphatic rings. The molecule has 2 aliphatic carbocycles. The average Bonchev–Trinajstić information content (AvgIpc) is 2.64. The van der Waals surface area contributed by atoms with Gasteiger partial charge in [0.15, 0.2) is 5.81 Å². The van der Waals surface area contributed by atoms with Crippen molar-refractivity contribution < 1.29 is 4.79 Å². The number of likely N-dealkylation sites (N-methyl/N-ethyl adjacent to an activating group) is 1. The lowest BCUT2D eigenvalue weighted by atomic mass is 9.36. The zero-order valence-corrected chi connectivity index (χ0v) is 18.8. The summed E-state index contributed by atoms with van der Waals surface area (Å²) in [6, 6.07) is 5.48. The zero-order chi connectivity index (χ0) is 20.5. The van der Waals surface area contributed by atoms with Gasteiger partial charge in [0, 0.05) is 17.5 Å². The molecule has 1 aromatic rings. The van der Waals surface area contributed by atoms with Crippen LogP contribution >= 0.6 is 0 Å². The van der Waals surface area contributed by atoms with Crippen LogP contribution in [0.1, 0.15) is 62.3 Å². The Kier molecular flexibility index (Phi) is 4.54. The quantitative estimate of drug-likeness (QED) is 0.770. The summed E-state index contributed by atoms with van der Waals surface area (Å²) < 4.78 is 0. The fourth-order valence-corrected chi connectivity index (χ4v) is 7.56. The van der Waals surface area contributed by atoms with E-state index in [1.165, 1.54) is 24.0 Å². The van der Waals surface area contributed by atoms with Crippen molar-refractivity contribution in [1.29, 1.82) is 0 Å². The van der Waals surface area contributed by atoms with E-state index < -0.39 is 0 Å². The van der Waals surface area contributed by atoms with Crippen LogP contribution in [-0.4, -0.2) is 43.7 Å². The Morgan fingerprint density at radius 1 is 1.21 bits per heavy atom. The molecule has 0 aromatic heterocycles. The van der Waals surface area contributed by atoms with Gasteiger partial charge in [-0.2, -0.15) is 0 Å². The third kappa shape index (κ3) is 2.30. The van der Waals surface area contributed by atoms with E-state index >= 15 is 0 Å². The second-order valence-corrected chi connectivity index (χ2v) is 10.4. The molecule has 0 spiro atoms. The molecule has 1 heterocycles. The molecule has 4 rings (SSSR count). The van der Waals surface area contributed by atoms with Crippen molar-refractivity contribution >= 4 is 13.1 Å². The van der Waals surface area contributed by atoms with Gasteiger partial charge >= 0.3 is 0 Å². The van der Waals surface area contributed by atoms with Crippen LogP contribution in [0.2, 0.25) is 6.82 Å². The van der Waals surface area contributed by atoms with Crippen molar-refractivity contribution in [1.82, 2.24) is 10.2 Å². The first-order valence-corrected chi connectivity index (χ1v) is 11.0. The molecule has 1 N–H and O–H groups in total. The minimum atomic E-state index is -0.00803. The van der Waals surface area contributed by atoms with E-state index in [1.54, 1.807) is 18.4 Å². The van der Waals surface area contributed by atoms with Crippen LogP contribution in [0.4, 0.5) is 4.79 Å². The van der Waals surface area contributed by atoms with Gasteiger partial charge in [-0.1, -0.05) is 39.7 Å². The molecule has 1 amide bonds. The highest BCUT2D eigenvalue weighted by Gasteiger charge is 2.69. The van der Waals surface area contributed by atoms with Gasteiger partial charge in [-0.25, -0.2) is 0 Å². The second-order valence-electron chi connectivity index (χ2n) is 10.4. The molecule has 1 saturated heterocycles. The van der Waals surface area contributed by atoms with Crippen molar-refractivity contribution in [2.45, 2.75) is 84.6 Å². The molecular formula is C24H36BN2O. The molecule has 1 aromatic carbocycles. The highest BCUT2D eigenvalue weighted by atomic mass is 16.1. The molecule has 1 saturated carbocycles. The lowest BCUT2D eigenvalue weighted by molar-refractivity contribution is -0.144. The smallest absolute Gasteiger partial charge is 0.229 e. The monoisotopic (exact) mass is 379 g/mol. The number of rotatable bonds is 2. The number of amides is 1. The standard InChI is InChI=1S/C24H36BN2O/c1-15-8-9-17-14-19-23(5)11-10-18(26-21(28)25-6)22(3,4)24(23,12-13-27(19)7)20(17)16(15)2/h8-9,18-19H,10-14H2,1-7H3,(H,26,28)/t18?,19-,23?,24-/m0/s1. The highest BCUT2D eigenvalue weighted by molar-refractivity contribution is 6.72. The zero-order valence-electron chi connectivity index (χ0n) is 18.8. The number of nitrogens with one attached hydrogen (secondary N) is 1. The maximum Gasteiger partial charge on any atom is 0.229 e. The predicted molar refractivity (Wildman–Crippen MR) is 117 cm³/mol. The van der Waals surface area contributed by atoms with Crippen LogP contribution in [0.25, 0.3) is 0 Å². The van der Waals surface area contributed by atoms with E-state index in [-0.39, 0.29) is 28.1 Å². The number of likely N-dealkylation sites (tertiary alicyclic amines) is 1. The highest BCUT2D eigenvalue weighted by Crippen LogP contribution is 2.69. The number of hydrogen-bond donors (Lipinski definition) is 1. The van der Waals surface area contributed by atoms with Crippen molar-refractivity contribution in [3.8, 4) is 0 Å². The van der Waals surface area contributed by atoms with Gasteiger partial charge in [0.2, 0.25) is 7.28 Å². The van der Waals surface area contributed by atoms with Crippen LogP contribution < -0.4 is 5.32 Å². The third-order valence-corrected chi connectivity index (χ3v) is 9.25. The first-order valence-electron chi connectivity index (χ1n) is 11.0. The van der Waals surface area contributed by atoms with E-state index in [0.717, 1.165) is 19.4 Å². The number of nitrogens with zero attached hydrogens (tertiary/aromatic N) is 1. The molecular weight excluding hydrogens is 343 g/mol. The lowest BCUT2D eigenvalue weighted by Crippen LogP contribution is -2.75. The Labute approximate surface area is 171 Å². The Morgan fingerprint density at radius 3 is 2.61 bits per heavy atom. The summed E-state index contributed by atoms with van der Waals surface area (Å²) in [5, 5.41) is 3.38. The minimum Gasteiger partial charge on any atom is -0.362 e. The van der Waals surface area contributed by atoms with Crippen LogP contribution in [0, 0.1) is 24.7 Å². The Balaban J connectivity index is 1.98. The van der Waals surface area contributed by atoms with E-state index in [4.69, 9.17) is 0 Å². The predicted octanol–water partition coefficient (Wildman–Crippen LogP) is 4.46.